The van der Waals surface area contributed by atoms with Gasteiger partial charge in [0.2, 0.25) is 0 Å². The van der Waals surface area contributed by atoms with Crippen LogP contribution in [-0.2, 0) is 6.42 Å². The zero-order chi connectivity index (χ0) is 10.1. The van der Waals surface area contributed by atoms with E-state index in [9.17, 15) is 4.39 Å². The normalized spacial score (nSPS) is 10.4. The highest BCUT2D eigenvalue weighted by Gasteiger charge is 2.12. The van der Waals surface area contributed by atoms with Crippen LogP contribution in [0.4, 0.5) is 4.39 Å². The third-order valence-corrected chi connectivity index (χ3v) is 3.18. The maximum atomic E-state index is 13.7. The molecule has 0 saturated heterocycles. The van der Waals surface area contributed by atoms with Crippen molar-refractivity contribution in [1.82, 2.24) is 0 Å². The number of halogens is 1. The Morgan fingerprint density at radius 2 is 2.36 bits per heavy atom. The molecule has 1 nitrogen and oxygen atoms in total. The minimum absolute atomic E-state index is 0.197. The summed E-state index contributed by atoms with van der Waals surface area (Å²) in [5.74, 6) is -0.364. The molecule has 0 fully saturated rings. The minimum atomic E-state index is -0.364. The Kier molecular flexibility index (Phi) is 2.22. The molecule has 0 aliphatic rings. The average Bonchev–Trinajstić information content (AvgIpc) is 2.65. The van der Waals surface area contributed by atoms with E-state index < -0.39 is 0 Å². The van der Waals surface area contributed by atoms with Crippen LogP contribution in [0, 0.1) is 17.1 Å². The Morgan fingerprint density at radius 1 is 1.57 bits per heavy atom. The molecule has 0 amide bonds. The van der Waals surface area contributed by atoms with E-state index in [0.29, 0.717) is 11.1 Å². The van der Waals surface area contributed by atoms with E-state index in [1.165, 1.54) is 11.3 Å². The molecule has 3 heteroatoms. The number of hydrogen-bond donors (Lipinski definition) is 0. The molecular formula is C11H8FNS. The number of nitrogens with zero attached hydrogens (tertiary/aromatic N) is 1. The van der Waals surface area contributed by atoms with Crippen LogP contribution in [0.3, 0.4) is 0 Å². The van der Waals surface area contributed by atoms with Crippen LogP contribution in [0.15, 0.2) is 17.5 Å². The Bertz CT molecular complexity index is 522. The van der Waals surface area contributed by atoms with Gasteiger partial charge in [0.15, 0.2) is 5.82 Å². The van der Waals surface area contributed by atoms with Gasteiger partial charge in [-0.3, -0.25) is 0 Å². The van der Waals surface area contributed by atoms with Crippen LogP contribution >= 0.6 is 11.3 Å². The molecule has 0 aliphatic carbocycles. The Morgan fingerprint density at radius 3 is 3.00 bits per heavy atom. The van der Waals surface area contributed by atoms with Gasteiger partial charge < -0.3 is 0 Å². The highest BCUT2D eigenvalue weighted by Crippen LogP contribution is 2.28. The lowest BCUT2D eigenvalue weighted by Gasteiger charge is -2.02. The SMILES string of the molecule is CCc1cc2ccsc2c(F)c1C#N. The molecule has 0 bridgehead atoms. The number of fused-ring (bicyclic) bond motifs is 1. The monoisotopic (exact) mass is 205 g/mol. The van der Waals surface area contributed by atoms with Gasteiger partial charge in [-0.25, -0.2) is 4.39 Å². The number of nitriles is 1. The molecular weight excluding hydrogens is 197 g/mol. The van der Waals surface area contributed by atoms with Gasteiger partial charge in [-0.15, -0.1) is 11.3 Å². The van der Waals surface area contributed by atoms with Gasteiger partial charge >= 0.3 is 0 Å². The third kappa shape index (κ3) is 1.19. The zero-order valence-corrected chi connectivity index (χ0v) is 8.49. The predicted molar refractivity (Wildman–Crippen MR) is 55.9 cm³/mol. The second-order valence-corrected chi connectivity index (χ2v) is 3.95. The summed E-state index contributed by atoms with van der Waals surface area (Å²) in [4.78, 5) is 0. The molecule has 0 saturated carbocycles. The summed E-state index contributed by atoms with van der Waals surface area (Å²) >= 11 is 1.34. The first kappa shape index (κ1) is 9.17. The number of thiophene rings is 1. The first-order valence-corrected chi connectivity index (χ1v) is 5.24. The highest BCUT2D eigenvalue weighted by molar-refractivity contribution is 7.17. The summed E-state index contributed by atoms with van der Waals surface area (Å²) in [7, 11) is 0. The largest absolute Gasteiger partial charge is 0.204 e. The van der Waals surface area contributed by atoms with Crippen molar-refractivity contribution in [3.8, 4) is 6.07 Å². The van der Waals surface area contributed by atoms with Crippen molar-refractivity contribution in [2.45, 2.75) is 13.3 Å². The first-order valence-electron chi connectivity index (χ1n) is 4.36. The van der Waals surface area contributed by atoms with Crippen molar-refractivity contribution in [3.05, 3.63) is 34.5 Å². The van der Waals surface area contributed by atoms with Gasteiger partial charge in [0.1, 0.15) is 6.07 Å². The first-order chi connectivity index (χ1) is 6.77. The smallest absolute Gasteiger partial charge is 0.158 e. The molecule has 0 spiro atoms. The minimum Gasteiger partial charge on any atom is -0.204 e. The molecule has 14 heavy (non-hydrogen) atoms. The molecule has 0 atom stereocenters. The fourth-order valence-corrected chi connectivity index (χ4v) is 2.34. The molecule has 0 unspecified atom stereocenters. The van der Waals surface area contributed by atoms with Crippen LogP contribution in [0.1, 0.15) is 18.1 Å². The maximum Gasteiger partial charge on any atom is 0.158 e. The second kappa shape index (κ2) is 3.39. The van der Waals surface area contributed by atoms with Gasteiger partial charge in [0.25, 0.3) is 0 Å². The van der Waals surface area contributed by atoms with Crippen LogP contribution in [0.5, 0.6) is 0 Å². The average molecular weight is 205 g/mol. The molecule has 2 aromatic rings. The van der Waals surface area contributed by atoms with Crippen LogP contribution in [0.25, 0.3) is 10.1 Å². The van der Waals surface area contributed by atoms with Gasteiger partial charge in [-0.05, 0) is 34.9 Å². The number of hydrogen-bond acceptors (Lipinski definition) is 2. The predicted octanol–water partition coefficient (Wildman–Crippen LogP) is 3.47. The van der Waals surface area contributed by atoms with E-state index in [0.717, 1.165) is 10.9 Å². The van der Waals surface area contributed by atoms with Gasteiger partial charge in [0.05, 0.1) is 10.3 Å². The van der Waals surface area contributed by atoms with Crippen molar-refractivity contribution in [2.75, 3.05) is 0 Å². The summed E-state index contributed by atoms with van der Waals surface area (Å²) in [5, 5.41) is 11.6. The van der Waals surface area contributed by atoms with Gasteiger partial charge in [0, 0.05) is 0 Å². The summed E-state index contributed by atoms with van der Waals surface area (Å²) in [6.07, 6.45) is 0.686. The van der Waals surface area contributed by atoms with Crippen LogP contribution < -0.4 is 0 Å². The van der Waals surface area contributed by atoms with Crippen molar-refractivity contribution in [3.63, 3.8) is 0 Å². The quantitative estimate of drug-likeness (QED) is 0.699. The maximum absolute atomic E-state index is 13.7. The molecule has 0 N–H and O–H groups in total. The number of benzene rings is 1. The molecule has 0 aliphatic heterocycles. The van der Waals surface area contributed by atoms with E-state index in [1.807, 2.05) is 30.5 Å². The lowest BCUT2D eigenvalue weighted by molar-refractivity contribution is 0.635. The van der Waals surface area contributed by atoms with E-state index in [1.54, 1.807) is 0 Å². The molecule has 1 aromatic heterocycles. The molecule has 1 aromatic carbocycles. The van der Waals surface area contributed by atoms with E-state index in [-0.39, 0.29) is 11.4 Å². The molecule has 2 rings (SSSR count). The van der Waals surface area contributed by atoms with Crippen LogP contribution in [0.2, 0.25) is 0 Å². The van der Waals surface area contributed by atoms with Crippen LogP contribution in [-0.4, -0.2) is 0 Å². The Hall–Kier alpha value is -1.40. The Labute approximate surface area is 85.4 Å². The second-order valence-electron chi connectivity index (χ2n) is 3.03. The fourth-order valence-electron chi connectivity index (χ4n) is 1.53. The summed E-state index contributed by atoms with van der Waals surface area (Å²) in [5.41, 5.74) is 0.985. The number of rotatable bonds is 1. The van der Waals surface area contributed by atoms with E-state index >= 15 is 0 Å². The summed E-state index contributed by atoms with van der Waals surface area (Å²) in [6.45, 7) is 1.92. The third-order valence-electron chi connectivity index (χ3n) is 2.26. The zero-order valence-electron chi connectivity index (χ0n) is 7.67. The van der Waals surface area contributed by atoms with Crippen molar-refractivity contribution >= 4 is 21.4 Å². The highest BCUT2D eigenvalue weighted by atomic mass is 32.1. The molecule has 70 valence electrons. The summed E-state index contributed by atoms with van der Waals surface area (Å²) in [6, 6.07) is 5.70. The molecule has 1 heterocycles. The molecule has 0 radical (unpaired) electrons. The number of aryl methyl sites for hydroxylation is 1. The van der Waals surface area contributed by atoms with E-state index in [2.05, 4.69) is 0 Å². The van der Waals surface area contributed by atoms with E-state index in [4.69, 9.17) is 5.26 Å². The van der Waals surface area contributed by atoms with Gasteiger partial charge in [-0.2, -0.15) is 5.26 Å². The summed E-state index contributed by atoms with van der Waals surface area (Å²) < 4.78 is 14.3. The van der Waals surface area contributed by atoms with Crippen molar-refractivity contribution < 1.29 is 4.39 Å². The van der Waals surface area contributed by atoms with Crippen molar-refractivity contribution in [1.29, 1.82) is 5.26 Å². The lowest BCUT2D eigenvalue weighted by atomic mass is 10.0. The lowest BCUT2D eigenvalue weighted by Crippen LogP contribution is -1.92. The standard InChI is InChI=1S/C11H8FNS/c1-2-7-5-8-3-4-14-11(8)10(12)9(7)6-13/h3-5H,2H2,1H3. The van der Waals surface area contributed by atoms with Gasteiger partial charge in [-0.1, -0.05) is 6.92 Å². The topological polar surface area (TPSA) is 23.8 Å². The van der Waals surface area contributed by atoms with Crippen molar-refractivity contribution in [2.24, 2.45) is 0 Å². The Balaban J connectivity index is 2.88. The fraction of sp³-hybridized carbons (Fsp3) is 0.182.